The highest BCUT2D eigenvalue weighted by atomic mass is 16.5. The quantitative estimate of drug-likeness (QED) is 0.724. The van der Waals surface area contributed by atoms with E-state index in [1.165, 1.54) is 14.0 Å². The van der Waals surface area contributed by atoms with Crippen LogP contribution in [0, 0.1) is 18.3 Å². The number of hydrogen-bond acceptors (Lipinski definition) is 4. The summed E-state index contributed by atoms with van der Waals surface area (Å²) in [5.41, 5.74) is 0.0103. The number of ketones is 1. The Labute approximate surface area is 86.3 Å². The van der Waals surface area contributed by atoms with Gasteiger partial charge in [-0.1, -0.05) is 0 Å². The minimum absolute atomic E-state index is 0.00681. The Bertz CT molecular complexity index is 509. The maximum atomic E-state index is 11.5. The molecule has 5 heteroatoms. The van der Waals surface area contributed by atoms with E-state index >= 15 is 0 Å². The summed E-state index contributed by atoms with van der Waals surface area (Å²) in [7, 11) is 1.35. The molecule has 0 spiro atoms. The summed E-state index contributed by atoms with van der Waals surface area (Å²) in [6.45, 7) is 2.83. The normalized spacial score (nSPS) is 9.47. The fourth-order valence-corrected chi connectivity index (χ4v) is 1.41. The van der Waals surface area contributed by atoms with Crippen LogP contribution >= 0.6 is 0 Å². The third kappa shape index (κ3) is 1.74. The van der Waals surface area contributed by atoms with Crippen molar-refractivity contribution in [3.63, 3.8) is 0 Å². The van der Waals surface area contributed by atoms with Crippen molar-refractivity contribution in [2.24, 2.45) is 0 Å². The molecule has 5 nitrogen and oxygen atoms in total. The second-order valence-corrected chi connectivity index (χ2v) is 3.03. The number of ether oxygens (including phenoxy) is 1. The van der Waals surface area contributed by atoms with Crippen LogP contribution in [-0.2, 0) is 0 Å². The van der Waals surface area contributed by atoms with Crippen molar-refractivity contribution in [3.05, 3.63) is 27.0 Å². The van der Waals surface area contributed by atoms with Crippen molar-refractivity contribution in [1.29, 1.82) is 5.26 Å². The van der Waals surface area contributed by atoms with Crippen LogP contribution in [0.2, 0.25) is 0 Å². The van der Waals surface area contributed by atoms with E-state index in [4.69, 9.17) is 10.00 Å². The first-order chi connectivity index (χ1) is 7.02. The molecule has 0 unspecified atom stereocenters. The lowest BCUT2D eigenvalue weighted by Crippen LogP contribution is -2.20. The van der Waals surface area contributed by atoms with E-state index in [9.17, 15) is 9.59 Å². The summed E-state index contributed by atoms with van der Waals surface area (Å²) in [4.78, 5) is 25.0. The molecule has 0 fully saturated rings. The summed E-state index contributed by atoms with van der Waals surface area (Å²) in [6.07, 6.45) is 0. The molecule has 0 bridgehead atoms. The van der Waals surface area contributed by atoms with Crippen LogP contribution in [0.5, 0.6) is 5.88 Å². The van der Waals surface area contributed by atoms with Crippen molar-refractivity contribution < 1.29 is 9.53 Å². The molecule has 1 N–H and O–H groups in total. The molecular formula is C10H10N2O3. The Morgan fingerprint density at radius 1 is 1.53 bits per heavy atom. The second-order valence-electron chi connectivity index (χ2n) is 3.03. The number of aromatic amines is 1. The van der Waals surface area contributed by atoms with Gasteiger partial charge in [0, 0.05) is 0 Å². The number of pyridine rings is 1. The number of nitrogens with one attached hydrogen (secondary N) is 1. The third-order valence-electron chi connectivity index (χ3n) is 2.10. The Morgan fingerprint density at radius 3 is 2.53 bits per heavy atom. The molecule has 0 atom stereocenters. The van der Waals surface area contributed by atoms with Crippen molar-refractivity contribution in [2.45, 2.75) is 13.8 Å². The average molecular weight is 206 g/mol. The highest BCUT2D eigenvalue weighted by Gasteiger charge is 2.17. The minimum atomic E-state index is -0.532. The number of carbonyl (C=O) groups excluding carboxylic acids is 1. The largest absolute Gasteiger partial charge is 0.481 e. The second kappa shape index (κ2) is 3.96. The molecule has 15 heavy (non-hydrogen) atoms. The van der Waals surface area contributed by atoms with Gasteiger partial charge in [-0.2, -0.15) is 5.26 Å². The SMILES string of the molecule is COc1[nH]c(=O)c(C(C)=O)c(C)c1C#N. The van der Waals surface area contributed by atoms with E-state index in [-0.39, 0.29) is 22.8 Å². The molecule has 1 aromatic heterocycles. The predicted octanol–water partition coefficient (Wildman–Crippen LogP) is 0.766. The van der Waals surface area contributed by atoms with Crippen molar-refractivity contribution >= 4 is 5.78 Å². The van der Waals surface area contributed by atoms with Gasteiger partial charge in [0.1, 0.15) is 11.6 Å². The Morgan fingerprint density at radius 2 is 2.13 bits per heavy atom. The summed E-state index contributed by atoms with van der Waals surface area (Å²) < 4.78 is 4.84. The first-order valence-electron chi connectivity index (χ1n) is 4.24. The van der Waals surface area contributed by atoms with Gasteiger partial charge in [0.05, 0.1) is 12.7 Å². The number of Topliss-reactive ketones (excluding diaryl/α,β-unsaturated/α-hetero) is 1. The molecule has 1 rings (SSSR count). The summed E-state index contributed by atoms with van der Waals surface area (Å²) in [5.74, 6) is -0.280. The monoisotopic (exact) mass is 206 g/mol. The minimum Gasteiger partial charge on any atom is -0.481 e. The van der Waals surface area contributed by atoms with Crippen molar-refractivity contribution in [2.75, 3.05) is 7.11 Å². The van der Waals surface area contributed by atoms with Gasteiger partial charge in [0.25, 0.3) is 5.56 Å². The molecule has 1 aromatic rings. The zero-order valence-corrected chi connectivity index (χ0v) is 8.67. The van der Waals surface area contributed by atoms with Gasteiger partial charge in [0.15, 0.2) is 5.78 Å². The van der Waals surface area contributed by atoms with Gasteiger partial charge in [0.2, 0.25) is 5.88 Å². The number of nitrogens with zero attached hydrogens (tertiary/aromatic N) is 1. The fraction of sp³-hybridized carbons (Fsp3) is 0.300. The van der Waals surface area contributed by atoms with E-state index in [0.717, 1.165) is 0 Å². The van der Waals surface area contributed by atoms with Crippen molar-refractivity contribution in [3.8, 4) is 11.9 Å². The molecule has 0 saturated carbocycles. The molecule has 0 amide bonds. The lowest BCUT2D eigenvalue weighted by atomic mass is 10.0. The van der Waals surface area contributed by atoms with E-state index in [0.29, 0.717) is 5.56 Å². The Kier molecular flexibility index (Phi) is 2.90. The molecule has 0 saturated heterocycles. The number of H-pyrrole nitrogens is 1. The van der Waals surface area contributed by atoms with Gasteiger partial charge < -0.3 is 4.74 Å². The molecule has 0 aliphatic carbocycles. The lowest BCUT2D eigenvalue weighted by molar-refractivity contribution is 0.101. The third-order valence-corrected chi connectivity index (χ3v) is 2.10. The fourth-order valence-electron chi connectivity index (χ4n) is 1.41. The molecule has 1 heterocycles. The van der Waals surface area contributed by atoms with Crippen LogP contribution in [-0.4, -0.2) is 17.9 Å². The first kappa shape index (κ1) is 11.0. The lowest BCUT2D eigenvalue weighted by Gasteiger charge is -2.07. The standard InChI is InChI=1S/C10H10N2O3/c1-5-7(4-11)10(15-3)12-9(14)8(5)6(2)13/h1-3H3,(H,12,14). The summed E-state index contributed by atoms with van der Waals surface area (Å²) in [5, 5.41) is 8.86. The van der Waals surface area contributed by atoms with Crippen LogP contribution in [0.3, 0.4) is 0 Å². The number of carbonyl (C=O) groups is 1. The number of methoxy groups -OCH3 is 1. The predicted molar refractivity (Wildman–Crippen MR) is 53.1 cm³/mol. The maximum absolute atomic E-state index is 11.5. The first-order valence-corrected chi connectivity index (χ1v) is 4.24. The summed E-state index contributed by atoms with van der Waals surface area (Å²) in [6, 6.07) is 1.89. The van der Waals surface area contributed by atoms with Crippen LogP contribution < -0.4 is 10.3 Å². The number of aromatic nitrogens is 1. The number of nitriles is 1. The Hall–Kier alpha value is -2.09. The highest BCUT2D eigenvalue weighted by Crippen LogP contribution is 2.18. The Balaban J connectivity index is 3.69. The molecule has 0 radical (unpaired) electrons. The van der Waals surface area contributed by atoms with Crippen LogP contribution in [0.15, 0.2) is 4.79 Å². The van der Waals surface area contributed by atoms with Gasteiger partial charge >= 0.3 is 0 Å². The van der Waals surface area contributed by atoms with Crippen LogP contribution in [0.25, 0.3) is 0 Å². The van der Waals surface area contributed by atoms with Crippen molar-refractivity contribution in [1.82, 2.24) is 4.98 Å². The zero-order valence-electron chi connectivity index (χ0n) is 8.67. The number of rotatable bonds is 2. The summed E-state index contributed by atoms with van der Waals surface area (Å²) >= 11 is 0. The van der Waals surface area contributed by atoms with Gasteiger partial charge in [-0.15, -0.1) is 0 Å². The average Bonchev–Trinajstić information content (AvgIpc) is 2.16. The molecular weight excluding hydrogens is 196 g/mol. The van der Waals surface area contributed by atoms with E-state index in [1.54, 1.807) is 6.92 Å². The smallest absolute Gasteiger partial charge is 0.261 e. The highest BCUT2D eigenvalue weighted by molar-refractivity contribution is 5.95. The van der Waals surface area contributed by atoms with E-state index < -0.39 is 5.56 Å². The molecule has 0 aromatic carbocycles. The van der Waals surface area contributed by atoms with Gasteiger partial charge in [-0.25, -0.2) is 0 Å². The molecule has 78 valence electrons. The van der Waals surface area contributed by atoms with Gasteiger partial charge in [-0.3, -0.25) is 14.6 Å². The maximum Gasteiger partial charge on any atom is 0.261 e. The van der Waals surface area contributed by atoms with E-state index in [1.807, 2.05) is 6.07 Å². The van der Waals surface area contributed by atoms with Crippen LogP contribution in [0.4, 0.5) is 0 Å². The van der Waals surface area contributed by atoms with Crippen LogP contribution in [0.1, 0.15) is 28.4 Å². The number of hydrogen-bond donors (Lipinski definition) is 1. The molecule has 0 aliphatic heterocycles. The molecule has 0 aliphatic rings. The van der Waals surface area contributed by atoms with E-state index in [2.05, 4.69) is 4.98 Å². The van der Waals surface area contributed by atoms with Gasteiger partial charge in [-0.05, 0) is 19.4 Å². The zero-order chi connectivity index (χ0) is 11.6. The topological polar surface area (TPSA) is 83.0 Å².